The Kier molecular flexibility index (Phi) is 5.22. The maximum Gasteiger partial charge on any atom is 0.283 e. The minimum atomic E-state index is -0.573. The van der Waals surface area contributed by atoms with Gasteiger partial charge in [0.25, 0.3) is 5.91 Å². The highest BCUT2D eigenvalue weighted by Crippen LogP contribution is 2.31. The Morgan fingerprint density at radius 2 is 1.94 bits per heavy atom. The number of carbonyl (C=O) groups excluding carboxylic acids is 2. The van der Waals surface area contributed by atoms with Crippen LogP contribution in [0.5, 0.6) is 0 Å². The molecule has 10 heteroatoms. The summed E-state index contributed by atoms with van der Waals surface area (Å²) < 4.78 is 18.9. The fraction of sp³-hybridized carbons (Fsp3) is 0.227. The molecule has 1 N–H and O–H groups in total. The lowest BCUT2D eigenvalue weighted by atomic mass is 10.1. The first-order chi connectivity index (χ1) is 15.5. The van der Waals surface area contributed by atoms with Gasteiger partial charge in [0.05, 0.1) is 12.0 Å². The highest BCUT2D eigenvalue weighted by molar-refractivity contribution is 8.27. The molecule has 5 rings (SSSR count). The zero-order chi connectivity index (χ0) is 22.2. The minimum absolute atomic E-state index is 0.00766. The normalized spacial score (nSPS) is 19.5. The number of aliphatic imine (C=N–C) groups is 1. The Morgan fingerprint density at radius 3 is 2.69 bits per heavy atom. The maximum atomic E-state index is 13.1. The number of amides is 2. The van der Waals surface area contributed by atoms with Crippen molar-refractivity contribution in [1.82, 2.24) is 9.91 Å². The largest absolute Gasteiger partial charge is 0.457 e. The number of nitrogens with zero attached hydrogens (tertiary/aromatic N) is 4. The van der Waals surface area contributed by atoms with Gasteiger partial charge in [-0.15, -0.1) is 0 Å². The summed E-state index contributed by atoms with van der Waals surface area (Å²) in [7, 11) is 0. The lowest BCUT2D eigenvalue weighted by molar-refractivity contribution is -0.128. The molecule has 4 heterocycles. The van der Waals surface area contributed by atoms with Gasteiger partial charge in [0.1, 0.15) is 22.4 Å². The van der Waals surface area contributed by atoms with E-state index in [4.69, 9.17) is 9.83 Å². The van der Waals surface area contributed by atoms with Crippen LogP contribution in [0.3, 0.4) is 0 Å². The Balaban J connectivity index is 1.35. The number of hydrazone groups is 1. The van der Waals surface area contributed by atoms with Gasteiger partial charge in [-0.05, 0) is 67.1 Å². The van der Waals surface area contributed by atoms with Crippen LogP contribution in [-0.4, -0.2) is 50.9 Å². The number of hydrogen-bond acceptors (Lipinski definition) is 6. The van der Waals surface area contributed by atoms with E-state index in [1.165, 1.54) is 23.2 Å². The first-order valence-corrected chi connectivity index (χ1v) is 10.9. The summed E-state index contributed by atoms with van der Waals surface area (Å²) in [6.07, 6.45) is 3.58. The second kappa shape index (κ2) is 8.19. The summed E-state index contributed by atoms with van der Waals surface area (Å²) in [4.78, 5) is 30.8. The molecule has 0 unspecified atom stereocenters. The number of thioether (sulfide) groups is 1. The van der Waals surface area contributed by atoms with Gasteiger partial charge in [-0.3, -0.25) is 15.0 Å². The van der Waals surface area contributed by atoms with Crippen LogP contribution in [0.1, 0.15) is 25.0 Å². The number of benzene rings is 1. The predicted molar refractivity (Wildman–Crippen MR) is 120 cm³/mol. The summed E-state index contributed by atoms with van der Waals surface area (Å²) in [6, 6.07) is 9.22. The van der Waals surface area contributed by atoms with E-state index in [2.05, 4.69) is 10.1 Å². The zero-order valence-electron chi connectivity index (χ0n) is 16.9. The number of likely N-dealkylation sites (tertiary alicyclic amines) is 1. The summed E-state index contributed by atoms with van der Waals surface area (Å²) in [5.41, 5.74) is 0.722. The Bertz CT molecular complexity index is 1210. The third-order valence-corrected chi connectivity index (χ3v) is 6.21. The third-order valence-electron chi connectivity index (χ3n) is 5.30. The van der Waals surface area contributed by atoms with E-state index < -0.39 is 5.91 Å². The molecule has 1 saturated heterocycles. The lowest BCUT2D eigenvalue weighted by Gasteiger charge is -2.19. The lowest BCUT2D eigenvalue weighted by Crippen LogP contribution is -2.35. The van der Waals surface area contributed by atoms with Crippen molar-refractivity contribution in [3.05, 3.63) is 53.5 Å². The Labute approximate surface area is 187 Å². The second-order valence-corrected chi connectivity index (χ2v) is 8.53. The minimum Gasteiger partial charge on any atom is -0.457 e. The first kappa shape index (κ1) is 20.4. The number of carbonyl (C=O) groups is 2. The van der Waals surface area contributed by atoms with Gasteiger partial charge in [-0.25, -0.2) is 4.39 Å². The molecule has 0 atom stereocenters. The monoisotopic (exact) mass is 451 g/mol. The number of furan rings is 1. The van der Waals surface area contributed by atoms with Gasteiger partial charge >= 0.3 is 0 Å². The second-order valence-electron chi connectivity index (χ2n) is 7.49. The van der Waals surface area contributed by atoms with Gasteiger partial charge < -0.3 is 9.32 Å². The number of fused-ring (bicyclic) bond motifs is 1. The highest BCUT2D eigenvalue weighted by atomic mass is 32.2. The molecule has 0 spiro atoms. The third kappa shape index (κ3) is 3.89. The summed E-state index contributed by atoms with van der Waals surface area (Å²) in [5.74, 6) is -0.189. The number of halogens is 1. The molecule has 2 aromatic rings. The van der Waals surface area contributed by atoms with Gasteiger partial charge in [0.15, 0.2) is 5.84 Å². The van der Waals surface area contributed by atoms with Crippen molar-refractivity contribution in [1.29, 1.82) is 5.41 Å². The molecule has 1 aromatic carbocycles. The average molecular weight is 451 g/mol. The van der Waals surface area contributed by atoms with Gasteiger partial charge in [0, 0.05) is 18.7 Å². The standard InChI is InChI=1S/C22H18FN5O3S/c23-14-5-3-13(4-6-14)17-8-7-15(31-17)11-16-20(24)28-22(25-21(16)30)32-18(26-28)12-19(29)27-9-1-2-10-27/h3-8,11,24H,1-2,9-10,12H2/b16-11-,24-20?. The average Bonchev–Trinajstić information content (AvgIpc) is 3.53. The number of hydrogen-bond donors (Lipinski definition) is 1. The molecule has 3 aliphatic heterocycles. The number of amidine groups is 2. The molecule has 3 aliphatic rings. The van der Waals surface area contributed by atoms with E-state index in [1.807, 2.05) is 0 Å². The van der Waals surface area contributed by atoms with Crippen molar-refractivity contribution < 1.29 is 18.4 Å². The zero-order valence-corrected chi connectivity index (χ0v) is 17.7. The molecule has 0 saturated carbocycles. The molecule has 8 nitrogen and oxygen atoms in total. The summed E-state index contributed by atoms with van der Waals surface area (Å²) in [5, 5.41) is 14.8. The highest BCUT2D eigenvalue weighted by Gasteiger charge is 2.36. The van der Waals surface area contributed by atoms with Gasteiger partial charge in [0.2, 0.25) is 11.1 Å². The fourth-order valence-corrected chi connectivity index (χ4v) is 4.53. The van der Waals surface area contributed by atoms with E-state index in [0.717, 1.165) is 37.7 Å². The van der Waals surface area contributed by atoms with Crippen molar-refractivity contribution in [2.75, 3.05) is 13.1 Å². The predicted octanol–water partition coefficient (Wildman–Crippen LogP) is 3.72. The molecule has 32 heavy (non-hydrogen) atoms. The van der Waals surface area contributed by atoms with Crippen molar-refractivity contribution in [2.24, 2.45) is 10.1 Å². The van der Waals surface area contributed by atoms with Crippen LogP contribution in [0.2, 0.25) is 0 Å². The van der Waals surface area contributed by atoms with E-state index in [-0.39, 0.29) is 34.7 Å². The smallest absolute Gasteiger partial charge is 0.283 e. The van der Waals surface area contributed by atoms with Crippen molar-refractivity contribution in [2.45, 2.75) is 19.3 Å². The molecule has 0 radical (unpaired) electrons. The van der Waals surface area contributed by atoms with Crippen LogP contribution in [0.25, 0.3) is 17.4 Å². The Hall–Kier alpha value is -3.53. The SMILES string of the molecule is N=C1/C(=C/c2ccc(-c3ccc(F)cc3)o2)C(=O)N=C2SC(CC(=O)N3CCCC3)=NN12. The molecule has 162 valence electrons. The van der Waals surface area contributed by atoms with Crippen molar-refractivity contribution >= 4 is 45.7 Å². The fourth-order valence-electron chi connectivity index (χ4n) is 3.65. The molecule has 1 fully saturated rings. The van der Waals surface area contributed by atoms with E-state index in [9.17, 15) is 14.0 Å². The molecule has 1 aromatic heterocycles. The van der Waals surface area contributed by atoms with E-state index in [0.29, 0.717) is 22.1 Å². The topological polar surface area (TPSA) is 102 Å². The number of rotatable bonds is 4. The van der Waals surface area contributed by atoms with Crippen LogP contribution in [0.4, 0.5) is 4.39 Å². The van der Waals surface area contributed by atoms with Crippen LogP contribution < -0.4 is 0 Å². The van der Waals surface area contributed by atoms with Crippen LogP contribution in [-0.2, 0) is 9.59 Å². The summed E-state index contributed by atoms with van der Waals surface area (Å²) >= 11 is 1.14. The molecular weight excluding hydrogens is 433 g/mol. The van der Waals surface area contributed by atoms with Gasteiger partial charge in [-0.2, -0.15) is 15.1 Å². The first-order valence-electron chi connectivity index (χ1n) is 10.1. The van der Waals surface area contributed by atoms with Crippen LogP contribution >= 0.6 is 11.8 Å². The molecule has 0 bridgehead atoms. The Morgan fingerprint density at radius 1 is 1.19 bits per heavy atom. The van der Waals surface area contributed by atoms with Crippen LogP contribution in [0, 0.1) is 11.2 Å². The molecule has 0 aliphatic carbocycles. The molecule has 2 amide bonds. The van der Waals surface area contributed by atoms with Crippen molar-refractivity contribution in [3.8, 4) is 11.3 Å². The summed E-state index contributed by atoms with van der Waals surface area (Å²) in [6.45, 7) is 1.51. The number of nitrogens with one attached hydrogen (secondary N) is 1. The van der Waals surface area contributed by atoms with Crippen molar-refractivity contribution in [3.63, 3.8) is 0 Å². The van der Waals surface area contributed by atoms with Gasteiger partial charge in [-0.1, -0.05) is 0 Å². The molecular formula is C22H18FN5O3S. The maximum absolute atomic E-state index is 13.1. The van der Waals surface area contributed by atoms with E-state index in [1.54, 1.807) is 29.2 Å². The van der Waals surface area contributed by atoms with E-state index >= 15 is 0 Å². The quantitative estimate of drug-likeness (QED) is 0.714. The van der Waals surface area contributed by atoms with Crippen LogP contribution in [0.15, 0.2) is 56.5 Å².